The summed E-state index contributed by atoms with van der Waals surface area (Å²) in [6, 6.07) is 2.50. The van der Waals surface area contributed by atoms with E-state index in [4.69, 9.17) is 0 Å². The quantitative estimate of drug-likeness (QED) is 0.929. The van der Waals surface area contributed by atoms with Gasteiger partial charge in [0.1, 0.15) is 0 Å². The molecular formula is C16H24N2OS. The Hall–Kier alpha value is -0.870. The molecule has 3 rings (SSSR count). The minimum Gasteiger partial charge on any atom is -0.339 e. The van der Waals surface area contributed by atoms with Crippen LogP contribution in [0.2, 0.25) is 0 Å². The lowest BCUT2D eigenvalue weighted by atomic mass is 9.72. The number of nitrogens with zero attached hydrogens (tertiary/aromatic N) is 1. The Bertz CT molecular complexity index is 451. The highest BCUT2D eigenvalue weighted by Crippen LogP contribution is 2.39. The van der Waals surface area contributed by atoms with E-state index in [0.717, 1.165) is 38.9 Å². The fourth-order valence-corrected chi connectivity index (χ4v) is 4.35. The standard InChI is InChI=1S/C16H24N2OS/c1-13(10-14-3-9-20-11-14)18-12-16(4-2-15(18)19)5-7-17-8-6-16/h3,9,11,13,17H,2,4-8,10,12H2,1H3. The van der Waals surface area contributed by atoms with E-state index in [0.29, 0.717) is 17.4 Å². The van der Waals surface area contributed by atoms with Gasteiger partial charge in [0, 0.05) is 19.0 Å². The third kappa shape index (κ3) is 2.91. The molecule has 0 aromatic carbocycles. The van der Waals surface area contributed by atoms with Crippen molar-refractivity contribution >= 4 is 17.2 Å². The minimum atomic E-state index is 0.323. The lowest BCUT2D eigenvalue weighted by Gasteiger charge is -2.47. The van der Waals surface area contributed by atoms with Crippen molar-refractivity contribution in [3.8, 4) is 0 Å². The molecule has 3 heterocycles. The number of nitrogens with one attached hydrogen (secondary N) is 1. The number of amides is 1. The number of thiophene rings is 1. The maximum absolute atomic E-state index is 12.3. The summed E-state index contributed by atoms with van der Waals surface area (Å²) in [6.07, 6.45) is 5.27. The average Bonchev–Trinajstić information content (AvgIpc) is 2.96. The van der Waals surface area contributed by atoms with E-state index in [2.05, 4.69) is 34.0 Å². The molecule has 4 heteroatoms. The van der Waals surface area contributed by atoms with Gasteiger partial charge in [0.05, 0.1) is 0 Å². The van der Waals surface area contributed by atoms with Crippen LogP contribution in [-0.2, 0) is 11.2 Å². The molecule has 110 valence electrons. The van der Waals surface area contributed by atoms with E-state index in [1.807, 2.05) is 0 Å². The van der Waals surface area contributed by atoms with Crippen molar-refractivity contribution in [2.75, 3.05) is 19.6 Å². The van der Waals surface area contributed by atoms with Crippen molar-refractivity contribution in [2.24, 2.45) is 5.41 Å². The first-order chi connectivity index (χ1) is 9.69. The highest BCUT2D eigenvalue weighted by Gasteiger charge is 2.40. The van der Waals surface area contributed by atoms with Crippen LogP contribution in [0.15, 0.2) is 16.8 Å². The molecule has 2 aliphatic heterocycles. The van der Waals surface area contributed by atoms with Crippen LogP contribution < -0.4 is 5.32 Å². The van der Waals surface area contributed by atoms with Gasteiger partial charge in [0.2, 0.25) is 5.91 Å². The summed E-state index contributed by atoms with van der Waals surface area (Å²) in [5, 5.41) is 7.76. The monoisotopic (exact) mass is 292 g/mol. The van der Waals surface area contributed by atoms with Gasteiger partial charge in [-0.15, -0.1) is 0 Å². The van der Waals surface area contributed by atoms with Gasteiger partial charge < -0.3 is 10.2 Å². The lowest BCUT2D eigenvalue weighted by Crippen LogP contribution is -2.53. The van der Waals surface area contributed by atoms with Crippen LogP contribution in [0.4, 0.5) is 0 Å². The van der Waals surface area contributed by atoms with Gasteiger partial charge in [0.25, 0.3) is 0 Å². The summed E-state index contributed by atoms with van der Waals surface area (Å²) in [4.78, 5) is 14.5. The molecule has 0 radical (unpaired) electrons. The van der Waals surface area contributed by atoms with E-state index in [9.17, 15) is 4.79 Å². The van der Waals surface area contributed by atoms with Gasteiger partial charge >= 0.3 is 0 Å². The largest absolute Gasteiger partial charge is 0.339 e. The second-order valence-corrected chi connectivity index (χ2v) is 7.24. The van der Waals surface area contributed by atoms with Crippen molar-refractivity contribution in [1.82, 2.24) is 10.2 Å². The van der Waals surface area contributed by atoms with Gasteiger partial charge in [-0.05, 0) is 73.5 Å². The Balaban J connectivity index is 1.68. The first-order valence-corrected chi connectivity index (χ1v) is 8.64. The molecule has 1 atom stereocenters. The topological polar surface area (TPSA) is 32.3 Å². The van der Waals surface area contributed by atoms with Crippen molar-refractivity contribution in [3.05, 3.63) is 22.4 Å². The fourth-order valence-electron chi connectivity index (χ4n) is 3.67. The smallest absolute Gasteiger partial charge is 0.222 e. The SMILES string of the molecule is CC(Cc1ccsc1)N1CC2(CCNCC2)CCC1=O. The van der Waals surface area contributed by atoms with Gasteiger partial charge in [0.15, 0.2) is 0 Å². The normalized spacial score (nSPS) is 24.1. The third-order valence-electron chi connectivity index (χ3n) is 5.00. The van der Waals surface area contributed by atoms with E-state index >= 15 is 0 Å². The highest BCUT2D eigenvalue weighted by atomic mass is 32.1. The van der Waals surface area contributed by atoms with E-state index in [-0.39, 0.29) is 0 Å². The van der Waals surface area contributed by atoms with Gasteiger partial charge in [-0.1, -0.05) is 0 Å². The van der Waals surface area contributed by atoms with Crippen molar-refractivity contribution < 1.29 is 4.79 Å². The molecular weight excluding hydrogens is 268 g/mol. The van der Waals surface area contributed by atoms with Crippen molar-refractivity contribution in [3.63, 3.8) is 0 Å². The fraction of sp³-hybridized carbons (Fsp3) is 0.688. The Morgan fingerprint density at radius 3 is 2.90 bits per heavy atom. The molecule has 0 saturated carbocycles. The van der Waals surface area contributed by atoms with Crippen LogP contribution in [0.25, 0.3) is 0 Å². The predicted octanol–water partition coefficient (Wildman–Crippen LogP) is 2.67. The van der Waals surface area contributed by atoms with Crippen LogP contribution in [0.5, 0.6) is 0 Å². The number of carbonyl (C=O) groups is 1. The predicted molar refractivity (Wildman–Crippen MR) is 83.0 cm³/mol. The molecule has 20 heavy (non-hydrogen) atoms. The first-order valence-electron chi connectivity index (χ1n) is 7.70. The minimum absolute atomic E-state index is 0.323. The molecule has 1 aromatic rings. The van der Waals surface area contributed by atoms with Crippen LogP contribution in [0, 0.1) is 5.41 Å². The summed E-state index contributed by atoms with van der Waals surface area (Å²) in [7, 11) is 0. The highest BCUT2D eigenvalue weighted by molar-refractivity contribution is 7.07. The molecule has 0 bridgehead atoms. The van der Waals surface area contributed by atoms with Crippen LogP contribution in [-0.4, -0.2) is 36.5 Å². The second kappa shape index (κ2) is 5.86. The number of hydrogen-bond acceptors (Lipinski definition) is 3. The van der Waals surface area contributed by atoms with E-state index < -0.39 is 0 Å². The Morgan fingerprint density at radius 1 is 1.40 bits per heavy atom. The molecule has 1 N–H and O–H groups in total. The second-order valence-electron chi connectivity index (χ2n) is 6.46. The summed E-state index contributed by atoms with van der Waals surface area (Å²) in [5.41, 5.74) is 1.75. The lowest BCUT2D eigenvalue weighted by molar-refractivity contribution is -0.141. The van der Waals surface area contributed by atoms with Gasteiger partial charge in [-0.2, -0.15) is 11.3 Å². The van der Waals surface area contributed by atoms with E-state index in [1.165, 1.54) is 18.4 Å². The number of rotatable bonds is 3. The van der Waals surface area contributed by atoms with Gasteiger partial charge in [-0.3, -0.25) is 4.79 Å². The maximum atomic E-state index is 12.3. The summed E-state index contributed by atoms with van der Waals surface area (Å²) < 4.78 is 0. The average molecular weight is 292 g/mol. The Kier molecular flexibility index (Phi) is 4.13. The molecule has 2 aliphatic rings. The first kappa shape index (κ1) is 14.1. The Labute approximate surface area is 125 Å². The van der Waals surface area contributed by atoms with Crippen LogP contribution >= 0.6 is 11.3 Å². The third-order valence-corrected chi connectivity index (χ3v) is 5.73. The maximum Gasteiger partial charge on any atom is 0.222 e. The van der Waals surface area contributed by atoms with E-state index in [1.54, 1.807) is 11.3 Å². The molecule has 1 aromatic heterocycles. The van der Waals surface area contributed by atoms with Crippen LogP contribution in [0.3, 0.4) is 0 Å². The number of piperidine rings is 2. The number of hydrogen-bond donors (Lipinski definition) is 1. The van der Waals surface area contributed by atoms with Crippen molar-refractivity contribution in [1.29, 1.82) is 0 Å². The molecule has 2 saturated heterocycles. The zero-order valence-corrected chi connectivity index (χ0v) is 13.0. The molecule has 1 spiro atoms. The number of carbonyl (C=O) groups excluding carboxylic acids is 1. The van der Waals surface area contributed by atoms with Crippen molar-refractivity contribution in [2.45, 2.75) is 45.1 Å². The molecule has 0 aliphatic carbocycles. The van der Waals surface area contributed by atoms with Crippen LogP contribution in [0.1, 0.15) is 38.2 Å². The zero-order valence-electron chi connectivity index (χ0n) is 12.2. The molecule has 1 amide bonds. The van der Waals surface area contributed by atoms with Gasteiger partial charge in [-0.25, -0.2) is 0 Å². The number of likely N-dealkylation sites (tertiary alicyclic amines) is 1. The zero-order chi connectivity index (χ0) is 14.0. The molecule has 2 fully saturated rings. The summed E-state index contributed by atoms with van der Waals surface area (Å²) in [6.45, 7) is 5.40. The molecule has 3 nitrogen and oxygen atoms in total. The molecule has 1 unspecified atom stereocenters. The summed E-state index contributed by atoms with van der Waals surface area (Å²) >= 11 is 1.74. The Morgan fingerprint density at radius 2 is 2.20 bits per heavy atom. The summed E-state index contributed by atoms with van der Waals surface area (Å²) in [5.74, 6) is 0.358.